The number of benzene rings is 1. The zero-order valence-electron chi connectivity index (χ0n) is 12.8. The van der Waals surface area contributed by atoms with E-state index in [-0.39, 0.29) is 17.3 Å². The van der Waals surface area contributed by atoms with Gasteiger partial charge in [0.05, 0.1) is 5.57 Å². The van der Waals surface area contributed by atoms with Crippen molar-refractivity contribution in [2.45, 2.75) is 33.1 Å². The van der Waals surface area contributed by atoms with Crippen LogP contribution < -0.4 is 4.90 Å². The minimum absolute atomic E-state index is 0.0994. The van der Waals surface area contributed by atoms with Gasteiger partial charge in [-0.25, -0.2) is 0 Å². The number of ketones is 1. The normalized spacial score (nSPS) is 15.9. The number of Topliss-reactive ketones (excluding diaryl/α,β-unsaturated/α-hetero) is 1. The number of nitrogens with zero attached hydrogens (tertiary/aromatic N) is 2. The molecule has 0 N–H and O–H groups in total. The van der Waals surface area contributed by atoms with Crippen LogP contribution in [0.3, 0.4) is 0 Å². The molecule has 0 bridgehead atoms. The Balaban J connectivity index is 2.14. The van der Waals surface area contributed by atoms with E-state index in [9.17, 15) is 4.79 Å². The highest BCUT2D eigenvalue weighted by Gasteiger charge is 2.14. The molecular formula is C18H22N2O. The average molecular weight is 282 g/mol. The van der Waals surface area contributed by atoms with Gasteiger partial charge in [0.1, 0.15) is 6.07 Å². The van der Waals surface area contributed by atoms with Gasteiger partial charge in [0.15, 0.2) is 5.78 Å². The van der Waals surface area contributed by atoms with Crippen LogP contribution in [0.25, 0.3) is 6.08 Å². The number of carbonyl (C=O) groups excluding carboxylic acids is 1. The molecule has 3 nitrogen and oxygen atoms in total. The maximum atomic E-state index is 11.9. The second-order valence-electron chi connectivity index (χ2n) is 5.83. The number of nitriles is 1. The predicted octanol–water partition coefficient (Wildman–Crippen LogP) is 3.81. The largest absolute Gasteiger partial charge is 0.372 e. The van der Waals surface area contributed by atoms with Gasteiger partial charge in [-0.3, -0.25) is 4.79 Å². The standard InChI is InChI=1S/C18H22N2O/c1-14(2)18(21)16(13-19)12-15-6-8-17(9-7-15)20-10-4-3-5-11-20/h6-9,12,14H,3-5,10-11H2,1-2H3/b16-12-. The SMILES string of the molecule is CC(C)C(=O)/C(C#N)=C\c1ccc(N2CCCCC2)cc1. The van der Waals surface area contributed by atoms with Crippen molar-refractivity contribution in [2.24, 2.45) is 5.92 Å². The molecule has 0 saturated carbocycles. The quantitative estimate of drug-likeness (QED) is 0.623. The van der Waals surface area contributed by atoms with Gasteiger partial charge in [-0.15, -0.1) is 0 Å². The zero-order valence-corrected chi connectivity index (χ0v) is 12.8. The molecule has 1 heterocycles. The summed E-state index contributed by atoms with van der Waals surface area (Å²) in [6.07, 6.45) is 5.51. The van der Waals surface area contributed by atoms with Crippen LogP contribution in [0.1, 0.15) is 38.7 Å². The highest BCUT2D eigenvalue weighted by Crippen LogP contribution is 2.21. The van der Waals surface area contributed by atoms with Crippen LogP contribution in [0.2, 0.25) is 0 Å². The summed E-state index contributed by atoms with van der Waals surface area (Å²) in [7, 11) is 0. The van der Waals surface area contributed by atoms with E-state index in [1.807, 2.05) is 32.0 Å². The average Bonchev–Trinajstić information content (AvgIpc) is 2.53. The molecule has 0 spiro atoms. The Bertz CT molecular complexity index is 558. The molecule has 0 atom stereocenters. The van der Waals surface area contributed by atoms with Gasteiger partial charge in [0, 0.05) is 24.7 Å². The highest BCUT2D eigenvalue weighted by molar-refractivity contribution is 6.04. The lowest BCUT2D eigenvalue weighted by molar-refractivity contribution is -0.117. The topological polar surface area (TPSA) is 44.1 Å². The Kier molecular flexibility index (Phi) is 5.16. The maximum Gasteiger partial charge on any atom is 0.175 e. The first kappa shape index (κ1) is 15.3. The molecule has 2 rings (SSSR count). The molecule has 3 heteroatoms. The third-order valence-electron chi connectivity index (χ3n) is 3.84. The highest BCUT2D eigenvalue weighted by atomic mass is 16.1. The Morgan fingerprint density at radius 2 is 1.81 bits per heavy atom. The van der Waals surface area contributed by atoms with E-state index in [0.29, 0.717) is 0 Å². The van der Waals surface area contributed by atoms with E-state index in [4.69, 9.17) is 5.26 Å². The van der Waals surface area contributed by atoms with Gasteiger partial charge in [0.25, 0.3) is 0 Å². The van der Waals surface area contributed by atoms with Crippen LogP contribution in [0, 0.1) is 17.2 Å². The van der Waals surface area contributed by atoms with Gasteiger partial charge in [-0.05, 0) is 43.0 Å². The van der Waals surface area contributed by atoms with Crippen molar-refractivity contribution in [3.8, 4) is 6.07 Å². The summed E-state index contributed by atoms with van der Waals surface area (Å²) in [5.74, 6) is -0.249. The molecular weight excluding hydrogens is 260 g/mol. The molecule has 1 saturated heterocycles. The molecule has 21 heavy (non-hydrogen) atoms. The Morgan fingerprint density at radius 1 is 1.19 bits per heavy atom. The van der Waals surface area contributed by atoms with E-state index >= 15 is 0 Å². The molecule has 0 amide bonds. The number of piperidine rings is 1. The van der Waals surface area contributed by atoms with Crippen molar-refractivity contribution < 1.29 is 4.79 Å². The first-order valence-electron chi connectivity index (χ1n) is 7.63. The molecule has 0 radical (unpaired) electrons. The van der Waals surface area contributed by atoms with Crippen molar-refractivity contribution in [2.75, 3.05) is 18.0 Å². The molecule has 110 valence electrons. The fourth-order valence-corrected chi connectivity index (χ4v) is 2.57. The third kappa shape index (κ3) is 3.95. The summed E-state index contributed by atoms with van der Waals surface area (Å²) >= 11 is 0. The Labute approximate surface area is 126 Å². The first-order valence-corrected chi connectivity index (χ1v) is 7.63. The first-order chi connectivity index (χ1) is 10.1. The lowest BCUT2D eigenvalue weighted by atomic mass is 10.00. The van der Waals surface area contributed by atoms with E-state index in [2.05, 4.69) is 17.0 Å². The molecule has 1 aliphatic rings. The van der Waals surface area contributed by atoms with E-state index in [1.54, 1.807) is 6.08 Å². The second-order valence-corrected chi connectivity index (χ2v) is 5.83. The van der Waals surface area contributed by atoms with Crippen LogP contribution in [-0.2, 0) is 4.79 Å². The third-order valence-corrected chi connectivity index (χ3v) is 3.84. The molecule has 1 aromatic rings. The van der Waals surface area contributed by atoms with Crippen molar-refractivity contribution >= 4 is 17.5 Å². The number of hydrogen-bond donors (Lipinski definition) is 0. The van der Waals surface area contributed by atoms with E-state index in [1.165, 1.54) is 24.9 Å². The maximum absolute atomic E-state index is 11.9. The number of rotatable bonds is 4. The summed E-state index contributed by atoms with van der Waals surface area (Å²) in [5, 5.41) is 9.12. The van der Waals surface area contributed by atoms with Crippen LogP contribution in [0.15, 0.2) is 29.8 Å². The summed E-state index contributed by atoms with van der Waals surface area (Å²) in [6.45, 7) is 5.86. The minimum atomic E-state index is -0.150. The lowest BCUT2D eigenvalue weighted by Gasteiger charge is -2.28. The number of hydrogen-bond acceptors (Lipinski definition) is 3. The van der Waals surface area contributed by atoms with Crippen molar-refractivity contribution in [3.05, 3.63) is 35.4 Å². The minimum Gasteiger partial charge on any atom is -0.372 e. The van der Waals surface area contributed by atoms with Crippen molar-refractivity contribution in [1.29, 1.82) is 5.26 Å². The van der Waals surface area contributed by atoms with Gasteiger partial charge in [0.2, 0.25) is 0 Å². The van der Waals surface area contributed by atoms with Gasteiger partial charge in [-0.2, -0.15) is 5.26 Å². The smallest absolute Gasteiger partial charge is 0.175 e. The monoisotopic (exact) mass is 282 g/mol. The molecule has 1 aromatic carbocycles. The Hall–Kier alpha value is -2.08. The van der Waals surface area contributed by atoms with E-state index in [0.717, 1.165) is 18.7 Å². The summed E-state index contributed by atoms with van der Waals surface area (Å²) < 4.78 is 0. The number of allylic oxidation sites excluding steroid dienone is 1. The van der Waals surface area contributed by atoms with Crippen LogP contribution in [0.5, 0.6) is 0 Å². The summed E-state index contributed by atoms with van der Waals surface area (Å²) in [6, 6.07) is 10.1. The van der Waals surface area contributed by atoms with Gasteiger partial charge in [-0.1, -0.05) is 26.0 Å². The Morgan fingerprint density at radius 3 is 2.33 bits per heavy atom. The number of carbonyl (C=O) groups is 1. The fourth-order valence-electron chi connectivity index (χ4n) is 2.57. The fraction of sp³-hybridized carbons (Fsp3) is 0.444. The summed E-state index contributed by atoms with van der Waals surface area (Å²) in [5.41, 5.74) is 2.36. The lowest BCUT2D eigenvalue weighted by Crippen LogP contribution is -2.29. The van der Waals surface area contributed by atoms with E-state index < -0.39 is 0 Å². The molecule has 0 aliphatic carbocycles. The molecule has 0 aromatic heterocycles. The van der Waals surface area contributed by atoms with Gasteiger partial charge < -0.3 is 4.90 Å². The molecule has 0 unspecified atom stereocenters. The second kappa shape index (κ2) is 7.08. The predicted molar refractivity (Wildman–Crippen MR) is 85.9 cm³/mol. The summed E-state index contributed by atoms with van der Waals surface area (Å²) in [4.78, 5) is 14.3. The van der Waals surface area contributed by atoms with Crippen LogP contribution in [-0.4, -0.2) is 18.9 Å². The van der Waals surface area contributed by atoms with Gasteiger partial charge >= 0.3 is 0 Å². The molecule has 1 aliphatic heterocycles. The van der Waals surface area contributed by atoms with Crippen molar-refractivity contribution in [1.82, 2.24) is 0 Å². The molecule has 1 fully saturated rings. The van der Waals surface area contributed by atoms with Crippen LogP contribution in [0.4, 0.5) is 5.69 Å². The zero-order chi connectivity index (χ0) is 15.2. The van der Waals surface area contributed by atoms with Crippen molar-refractivity contribution in [3.63, 3.8) is 0 Å². The van der Waals surface area contributed by atoms with Crippen LogP contribution >= 0.6 is 0 Å². The number of anilines is 1.